The van der Waals surface area contributed by atoms with Gasteiger partial charge in [-0.05, 0) is 33.9 Å². The quantitative estimate of drug-likeness (QED) is 0.528. The van der Waals surface area contributed by atoms with Gasteiger partial charge in [0.1, 0.15) is 5.75 Å². The van der Waals surface area contributed by atoms with Crippen LogP contribution >= 0.6 is 0 Å². The van der Waals surface area contributed by atoms with Gasteiger partial charge in [-0.1, -0.05) is 53.7 Å². The summed E-state index contributed by atoms with van der Waals surface area (Å²) in [5.41, 5.74) is 6.33. The number of benzene rings is 1. The van der Waals surface area contributed by atoms with Gasteiger partial charge in [0.05, 0.1) is 0 Å². The minimum Gasteiger partial charge on any atom is -0.507 e. The average Bonchev–Trinajstić information content (AvgIpc) is 2.54. The first-order valence-corrected chi connectivity index (χ1v) is 9.29. The summed E-state index contributed by atoms with van der Waals surface area (Å²) in [5, 5.41) is 10.7. The van der Waals surface area contributed by atoms with Crippen LogP contribution in [0.1, 0.15) is 71.6 Å². The summed E-state index contributed by atoms with van der Waals surface area (Å²) in [6.45, 7) is 13.0. The number of phenols is 1. The third kappa shape index (κ3) is 7.21. The summed E-state index contributed by atoms with van der Waals surface area (Å²) in [7, 11) is 0. The molecule has 0 heterocycles. The summed E-state index contributed by atoms with van der Waals surface area (Å²) >= 11 is 0. The Balaban J connectivity index is 2.82. The van der Waals surface area contributed by atoms with E-state index in [0.717, 1.165) is 16.7 Å². The van der Waals surface area contributed by atoms with Crippen molar-refractivity contribution in [2.24, 2.45) is 0 Å². The Labute approximate surface area is 166 Å². The van der Waals surface area contributed by atoms with Crippen molar-refractivity contribution >= 4 is 17.8 Å². The second-order valence-corrected chi connectivity index (χ2v) is 8.93. The lowest BCUT2D eigenvalue weighted by atomic mass is 9.78. The van der Waals surface area contributed by atoms with E-state index in [0.29, 0.717) is 12.2 Å². The molecule has 2 amide bonds. The van der Waals surface area contributed by atoms with Crippen molar-refractivity contribution in [2.45, 2.75) is 72.1 Å². The molecule has 7 heteroatoms. The number of rotatable bonds is 5. The average molecular weight is 392 g/mol. The molecule has 0 aliphatic heterocycles. The van der Waals surface area contributed by atoms with Crippen molar-refractivity contribution in [3.8, 4) is 5.75 Å². The van der Waals surface area contributed by atoms with Crippen LogP contribution in [0.3, 0.4) is 0 Å². The first-order valence-electron chi connectivity index (χ1n) is 9.29. The summed E-state index contributed by atoms with van der Waals surface area (Å²) in [5.74, 6) is -1.25. The standard InChI is InChI=1S/C21H32N2O5/c1-13(24)22-23-17(25)12-28-18(26)9-8-14-10-15(20(2,3)4)19(27)16(11-14)21(5,6)7/h10-11,27H,8-9,12H2,1-7H3,(H,22,24)(H,23,25). The van der Waals surface area contributed by atoms with E-state index >= 15 is 0 Å². The predicted octanol–water partition coefficient (Wildman–Crippen LogP) is 2.63. The second-order valence-electron chi connectivity index (χ2n) is 8.93. The van der Waals surface area contributed by atoms with E-state index < -0.39 is 24.4 Å². The molecule has 0 aromatic heterocycles. The van der Waals surface area contributed by atoms with Gasteiger partial charge in [-0.3, -0.25) is 25.2 Å². The number of carbonyl (C=O) groups excluding carboxylic acids is 3. The number of carbonyl (C=O) groups is 3. The van der Waals surface area contributed by atoms with Crippen LogP contribution in [0.25, 0.3) is 0 Å². The topological polar surface area (TPSA) is 105 Å². The predicted molar refractivity (Wildman–Crippen MR) is 107 cm³/mol. The molecule has 0 saturated carbocycles. The van der Waals surface area contributed by atoms with Crippen LogP contribution < -0.4 is 10.9 Å². The Morgan fingerprint density at radius 3 is 1.89 bits per heavy atom. The molecule has 1 aromatic rings. The summed E-state index contributed by atoms with van der Waals surface area (Å²) in [6, 6.07) is 3.84. The number of aromatic hydroxyl groups is 1. The van der Waals surface area contributed by atoms with Gasteiger partial charge < -0.3 is 9.84 Å². The molecular formula is C21H32N2O5. The van der Waals surface area contributed by atoms with Crippen LogP contribution in [0.15, 0.2) is 12.1 Å². The van der Waals surface area contributed by atoms with Gasteiger partial charge in [0.15, 0.2) is 6.61 Å². The maximum Gasteiger partial charge on any atom is 0.306 e. The smallest absolute Gasteiger partial charge is 0.306 e. The van der Waals surface area contributed by atoms with E-state index in [9.17, 15) is 19.5 Å². The van der Waals surface area contributed by atoms with E-state index in [1.54, 1.807) is 0 Å². The molecule has 3 N–H and O–H groups in total. The second kappa shape index (κ2) is 9.08. The largest absolute Gasteiger partial charge is 0.507 e. The molecule has 0 unspecified atom stereocenters. The van der Waals surface area contributed by atoms with Crippen LogP contribution in [0.4, 0.5) is 0 Å². The highest BCUT2D eigenvalue weighted by atomic mass is 16.5. The number of aryl methyl sites for hydroxylation is 1. The maximum atomic E-state index is 12.0. The van der Waals surface area contributed by atoms with Crippen LogP contribution in [0, 0.1) is 0 Å². The molecule has 0 spiro atoms. The zero-order chi connectivity index (χ0) is 21.7. The Morgan fingerprint density at radius 1 is 0.964 bits per heavy atom. The number of phenolic OH excluding ortho intramolecular Hbond substituents is 1. The normalized spacial score (nSPS) is 11.7. The van der Waals surface area contributed by atoms with Crippen LogP contribution in [-0.2, 0) is 36.4 Å². The molecule has 0 radical (unpaired) electrons. The fourth-order valence-electron chi connectivity index (χ4n) is 2.64. The maximum absolute atomic E-state index is 12.0. The SMILES string of the molecule is CC(=O)NNC(=O)COC(=O)CCc1cc(C(C)(C)C)c(O)c(C(C)(C)C)c1. The van der Waals surface area contributed by atoms with Gasteiger partial charge in [-0.2, -0.15) is 0 Å². The molecule has 0 atom stereocenters. The van der Waals surface area contributed by atoms with Gasteiger partial charge in [-0.15, -0.1) is 0 Å². The lowest BCUT2D eigenvalue weighted by Crippen LogP contribution is -2.42. The molecule has 1 aromatic carbocycles. The third-order valence-corrected chi connectivity index (χ3v) is 4.15. The van der Waals surface area contributed by atoms with Crippen molar-refractivity contribution < 1.29 is 24.2 Å². The van der Waals surface area contributed by atoms with E-state index in [1.165, 1.54) is 6.92 Å². The number of hydrogen-bond donors (Lipinski definition) is 3. The minimum atomic E-state index is -0.613. The van der Waals surface area contributed by atoms with E-state index in [1.807, 2.05) is 53.7 Å². The summed E-state index contributed by atoms with van der Waals surface area (Å²) in [4.78, 5) is 34.1. The zero-order valence-electron chi connectivity index (χ0n) is 17.9. The number of hydrazine groups is 1. The first kappa shape index (κ1) is 23.5. The monoisotopic (exact) mass is 392 g/mol. The van der Waals surface area contributed by atoms with Crippen molar-refractivity contribution in [3.63, 3.8) is 0 Å². The Hall–Kier alpha value is -2.57. The fraction of sp³-hybridized carbons (Fsp3) is 0.571. The molecular weight excluding hydrogens is 360 g/mol. The minimum absolute atomic E-state index is 0.103. The van der Waals surface area contributed by atoms with Gasteiger partial charge in [0.2, 0.25) is 5.91 Å². The molecule has 28 heavy (non-hydrogen) atoms. The molecule has 0 saturated heterocycles. The first-order chi connectivity index (χ1) is 12.7. The molecule has 156 valence electrons. The Kier molecular flexibility index (Phi) is 7.61. The van der Waals surface area contributed by atoms with Crippen molar-refractivity contribution in [1.82, 2.24) is 10.9 Å². The van der Waals surface area contributed by atoms with E-state index in [-0.39, 0.29) is 17.3 Å². The number of hydrogen-bond acceptors (Lipinski definition) is 5. The van der Waals surface area contributed by atoms with Crippen LogP contribution in [0.5, 0.6) is 5.75 Å². The Morgan fingerprint density at radius 2 is 1.46 bits per heavy atom. The van der Waals surface area contributed by atoms with Gasteiger partial charge in [-0.25, -0.2) is 0 Å². The highest BCUT2D eigenvalue weighted by Gasteiger charge is 2.26. The van der Waals surface area contributed by atoms with Crippen molar-refractivity contribution in [1.29, 1.82) is 0 Å². The lowest BCUT2D eigenvalue weighted by Gasteiger charge is -2.28. The lowest BCUT2D eigenvalue weighted by molar-refractivity contribution is -0.148. The summed E-state index contributed by atoms with van der Waals surface area (Å²) in [6.07, 6.45) is 0.532. The molecule has 0 bridgehead atoms. The van der Waals surface area contributed by atoms with Crippen LogP contribution in [-0.4, -0.2) is 29.5 Å². The third-order valence-electron chi connectivity index (χ3n) is 4.15. The molecule has 7 nitrogen and oxygen atoms in total. The fourth-order valence-corrected chi connectivity index (χ4v) is 2.64. The molecule has 0 fully saturated rings. The van der Waals surface area contributed by atoms with E-state index in [2.05, 4.69) is 10.9 Å². The van der Waals surface area contributed by atoms with Gasteiger partial charge in [0, 0.05) is 13.3 Å². The Bertz CT molecular complexity index is 707. The number of amides is 2. The molecule has 1 rings (SSSR count). The van der Waals surface area contributed by atoms with Gasteiger partial charge >= 0.3 is 5.97 Å². The van der Waals surface area contributed by atoms with Crippen LogP contribution in [0.2, 0.25) is 0 Å². The molecule has 0 aliphatic rings. The highest BCUT2D eigenvalue weighted by molar-refractivity contribution is 5.83. The van der Waals surface area contributed by atoms with Crippen molar-refractivity contribution in [3.05, 3.63) is 28.8 Å². The molecule has 0 aliphatic carbocycles. The number of nitrogens with one attached hydrogen (secondary N) is 2. The highest BCUT2D eigenvalue weighted by Crippen LogP contribution is 2.39. The summed E-state index contributed by atoms with van der Waals surface area (Å²) < 4.78 is 4.92. The number of esters is 1. The van der Waals surface area contributed by atoms with Gasteiger partial charge in [0.25, 0.3) is 5.91 Å². The van der Waals surface area contributed by atoms with E-state index in [4.69, 9.17) is 4.74 Å². The number of ether oxygens (including phenoxy) is 1. The van der Waals surface area contributed by atoms with Crippen molar-refractivity contribution in [2.75, 3.05) is 6.61 Å². The zero-order valence-corrected chi connectivity index (χ0v) is 17.9.